The second-order valence-electron chi connectivity index (χ2n) is 5.46. The number of ether oxygens (including phenoxy) is 1. The Hall–Kier alpha value is -1.06. The molecule has 1 aliphatic rings. The molecule has 0 atom stereocenters. The molecular weight excluding hydrogens is 224 g/mol. The van der Waals surface area contributed by atoms with Crippen molar-refractivity contribution in [1.82, 2.24) is 0 Å². The van der Waals surface area contributed by atoms with E-state index < -0.39 is 0 Å². The highest BCUT2D eigenvalue weighted by Crippen LogP contribution is 2.32. The fourth-order valence-electron chi connectivity index (χ4n) is 2.81. The molecule has 0 unspecified atom stereocenters. The van der Waals surface area contributed by atoms with Crippen LogP contribution in [-0.4, -0.2) is 33.4 Å². The Morgan fingerprint density at radius 1 is 1.28 bits per heavy atom. The van der Waals surface area contributed by atoms with E-state index >= 15 is 0 Å². The second-order valence-corrected chi connectivity index (χ2v) is 5.46. The zero-order chi connectivity index (χ0) is 13.0. The second kappa shape index (κ2) is 5.72. The number of hydrogen-bond donors (Lipinski definition) is 1. The molecule has 1 heterocycles. The fraction of sp³-hybridized carbons (Fsp3) is 0.600. The van der Waals surface area contributed by atoms with Gasteiger partial charge in [-0.25, -0.2) is 0 Å². The van der Waals surface area contributed by atoms with Crippen molar-refractivity contribution in [3.63, 3.8) is 0 Å². The molecule has 0 bridgehead atoms. The third-order valence-electron chi connectivity index (χ3n) is 4.09. The zero-order valence-corrected chi connectivity index (χ0v) is 11.5. The summed E-state index contributed by atoms with van der Waals surface area (Å²) in [5.41, 5.74) is 8.86. The number of nitrogens with two attached hydrogens (primary N) is 1. The highest BCUT2D eigenvalue weighted by atomic mass is 16.5. The van der Waals surface area contributed by atoms with Crippen LogP contribution in [0.5, 0.6) is 0 Å². The van der Waals surface area contributed by atoms with Crippen LogP contribution in [0.1, 0.15) is 18.4 Å². The number of anilines is 1. The molecule has 1 aromatic rings. The van der Waals surface area contributed by atoms with Gasteiger partial charge >= 0.3 is 0 Å². The lowest BCUT2D eigenvalue weighted by Crippen LogP contribution is -2.45. The van der Waals surface area contributed by atoms with E-state index in [1.165, 1.54) is 11.3 Å². The molecule has 100 valence electrons. The Morgan fingerprint density at radius 3 is 2.56 bits per heavy atom. The van der Waals surface area contributed by atoms with Crippen LogP contribution in [0, 0.1) is 12.3 Å². The lowest BCUT2D eigenvalue weighted by Gasteiger charge is -2.40. The Kier molecular flexibility index (Phi) is 4.25. The van der Waals surface area contributed by atoms with E-state index in [0.29, 0.717) is 0 Å². The van der Waals surface area contributed by atoms with Crippen molar-refractivity contribution in [3.05, 3.63) is 29.8 Å². The van der Waals surface area contributed by atoms with Crippen molar-refractivity contribution >= 4 is 5.69 Å². The van der Waals surface area contributed by atoms with Crippen molar-refractivity contribution in [3.8, 4) is 0 Å². The smallest absolute Gasteiger partial charge is 0.0472 e. The topological polar surface area (TPSA) is 38.5 Å². The molecule has 1 aliphatic heterocycles. The molecule has 1 fully saturated rings. The van der Waals surface area contributed by atoms with Crippen LogP contribution in [0.3, 0.4) is 0 Å². The molecular formula is C15H24N2O. The van der Waals surface area contributed by atoms with Gasteiger partial charge in [0.2, 0.25) is 0 Å². The molecule has 0 aromatic heterocycles. The molecule has 1 aromatic carbocycles. The van der Waals surface area contributed by atoms with Crippen LogP contribution in [0.15, 0.2) is 24.3 Å². The first-order valence-electron chi connectivity index (χ1n) is 6.71. The summed E-state index contributed by atoms with van der Waals surface area (Å²) >= 11 is 0. The van der Waals surface area contributed by atoms with Crippen LogP contribution in [0.4, 0.5) is 5.69 Å². The van der Waals surface area contributed by atoms with E-state index in [9.17, 15) is 0 Å². The van der Waals surface area contributed by atoms with Crippen molar-refractivity contribution in [2.24, 2.45) is 11.1 Å². The maximum absolute atomic E-state index is 6.02. The van der Waals surface area contributed by atoms with E-state index in [2.05, 4.69) is 43.1 Å². The predicted octanol–water partition coefficient (Wildman–Crippen LogP) is 2.19. The number of rotatable bonds is 4. The van der Waals surface area contributed by atoms with Crippen molar-refractivity contribution in [2.75, 3.05) is 38.3 Å². The third kappa shape index (κ3) is 2.85. The molecule has 0 amide bonds. The van der Waals surface area contributed by atoms with Gasteiger partial charge in [0.1, 0.15) is 0 Å². The minimum atomic E-state index is 0.218. The van der Waals surface area contributed by atoms with E-state index in [-0.39, 0.29) is 5.41 Å². The Balaban J connectivity index is 2.10. The third-order valence-corrected chi connectivity index (χ3v) is 4.09. The summed E-state index contributed by atoms with van der Waals surface area (Å²) in [6, 6.07) is 8.52. The molecule has 3 heteroatoms. The van der Waals surface area contributed by atoms with Crippen LogP contribution >= 0.6 is 0 Å². The van der Waals surface area contributed by atoms with E-state index in [4.69, 9.17) is 10.5 Å². The van der Waals surface area contributed by atoms with Gasteiger partial charge in [0.05, 0.1) is 0 Å². The summed E-state index contributed by atoms with van der Waals surface area (Å²) in [4.78, 5) is 2.34. The molecule has 0 radical (unpaired) electrons. The largest absolute Gasteiger partial charge is 0.381 e. The first-order valence-corrected chi connectivity index (χ1v) is 6.71. The predicted molar refractivity (Wildman–Crippen MR) is 76.0 cm³/mol. The van der Waals surface area contributed by atoms with Crippen LogP contribution in [-0.2, 0) is 4.74 Å². The molecule has 1 saturated heterocycles. The molecule has 0 spiro atoms. The lowest BCUT2D eigenvalue weighted by atomic mass is 9.79. The molecule has 0 saturated carbocycles. The molecule has 0 aliphatic carbocycles. The maximum Gasteiger partial charge on any atom is 0.0472 e. The monoisotopic (exact) mass is 248 g/mol. The highest BCUT2D eigenvalue weighted by Gasteiger charge is 2.32. The van der Waals surface area contributed by atoms with Gasteiger partial charge in [0.15, 0.2) is 0 Å². The van der Waals surface area contributed by atoms with Crippen molar-refractivity contribution in [1.29, 1.82) is 0 Å². The van der Waals surface area contributed by atoms with Gasteiger partial charge in [0, 0.05) is 37.9 Å². The SMILES string of the molecule is Cc1ccccc1N(C)CC1(CN)CCOCC1. The van der Waals surface area contributed by atoms with Crippen LogP contribution in [0.25, 0.3) is 0 Å². The van der Waals surface area contributed by atoms with Crippen molar-refractivity contribution in [2.45, 2.75) is 19.8 Å². The maximum atomic E-state index is 6.02. The molecule has 2 rings (SSSR count). The van der Waals surface area contributed by atoms with Gasteiger partial charge in [-0.15, -0.1) is 0 Å². The summed E-state index contributed by atoms with van der Waals surface area (Å²) in [5, 5.41) is 0. The average Bonchev–Trinajstić information content (AvgIpc) is 2.40. The van der Waals surface area contributed by atoms with Gasteiger partial charge in [-0.1, -0.05) is 18.2 Å². The zero-order valence-electron chi connectivity index (χ0n) is 11.5. The minimum Gasteiger partial charge on any atom is -0.381 e. The standard InChI is InChI=1S/C15H24N2O/c1-13-5-3-4-6-14(13)17(2)12-15(11-16)7-9-18-10-8-15/h3-6H,7-12,16H2,1-2H3. The first kappa shape index (κ1) is 13.4. The normalized spacial score (nSPS) is 18.6. The summed E-state index contributed by atoms with van der Waals surface area (Å²) < 4.78 is 5.46. The summed E-state index contributed by atoms with van der Waals surface area (Å²) in [7, 11) is 2.16. The van der Waals surface area contributed by atoms with E-state index in [1.807, 2.05) is 0 Å². The molecule has 3 nitrogen and oxygen atoms in total. The van der Waals surface area contributed by atoms with Crippen LogP contribution < -0.4 is 10.6 Å². The number of nitrogens with zero attached hydrogens (tertiary/aromatic N) is 1. The summed E-state index contributed by atoms with van der Waals surface area (Å²) in [5.74, 6) is 0. The van der Waals surface area contributed by atoms with Crippen molar-refractivity contribution < 1.29 is 4.74 Å². The quantitative estimate of drug-likeness (QED) is 0.887. The number of benzene rings is 1. The average molecular weight is 248 g/mol. The van der Waals surface area contributed by atoms with E-state index in [1.54, 1.807) is 0 Å². The lowest BCUT2D eigenvalue weighted by molar-refractivity contribution is 0.0229. The Labute approximate surface area is 110 Å². The van der Waals surface area contributed by atoms with Gasteiger partial charge < -0.3 is 15.4 Å². The van der Waals surface area contributed by atoms with Crippen LogP contribution in [0.2, 0.25) is 0 Å². The Morgan fingerprint density at radius 2 is 1.94 bits per heavy atom. The minimum absolute atomic E-state index is 0.218. The number of para-hydroxylation sites is 1. The summed E-state index contributed by atoms with van der Waals surface area (Å²) in [6.07, 6.45) is 2.14. The fourth-order valence-corrected chi connectivity index (χ4v) is 2.81. The molecule has 2 N–H and O–H groups in total. The number of aryl methyl sites for hydroxylation is 1. The van der Waals surface area contributed by atoms with Gasteiger partial charge in [0.25, 0.3) is 0 Å². The Bertz CT molecular complexity index is 386. The van der Waals surface area contributed by atoms with Gasteiger partial charge in [-0.3, -0.25) is 0 Å². The van der Waals surface area contributed by atoms with Gasteiger partial charge in [-0.2, -0.15) is 0 Å². The highest BCUT2D eigenvalue weighted by molar-refractivity contribution is 5.52. The van der Waals surface area contributed by atoms with E-state index in [0.717, 1.165) is 39.1 Å². The number of hydrogen-bond acceptors (Lipinski definition) is 3. The first-order chi connectivity index (χ1) is 8.67. The molecule has 18 heavy (non-hydrogen) atoms. The van der Waals surface area contributed by atoms with Gasteiger partial charge in [-0.05, 0) is 37.9 Å². The summed E-state index contributed by atoms with van der Waals surface area (Å²) in [6.45, 7) is 5.60.